The first-order valence-electron chi connectivity index (χ1n) is 10.7. The Bertz CT molecular complexity index is 1380. The van der Waals surface area contributed by atoms with Crippen molar-refractivity contribution in [1.29, 1.82) is 0 Å². The third kappa shape index (κ3) is 3.11. The quantitative estimate of drug-likeness (QED) is 0.423. The van der Waals surface area contributed by atoms with E-state index in [9.17, 15) is 4.39 Å². The van der Waals surface area contributed by atoms with Crippen LogP contribution >= 0.6 is 0 Å². The zero-order chi connectivity index (χ0) is 20.8. The second-order valence-corrected chi connectivity index (χ2v) is 8.17. The molecule has 0 spiro atoms. The molecule has 31 heavy (non-hydrogen) atoms. The molecule has 0 bridgehead atoms. The standard InChI is InChI=1S/C25H22FN5/c26-19-4-1-16(2-5-19)25-21(17-3-7-23-18(13-17)14-28-30-23)6-8-24-22(25)15-29-31(24)20-9-11-27-12-10-20/h1-8,13-15,20,27H,9-12H2,(H,28,30). The molecule has 154 valence electrons. The van der Waals surface area contributed by atoms with Crippen LogP contribution in [0.2, 0.25) is 0 Å². The van der Waals surface area contributed by atoms with Crippen molar-refractivity contribution in [1.82, 2.24) is 25.3 Å². The molecule has 0 unspecified atom stereocenters. The van der Waals surface area contributed by atoms with Crippen molar-refractivity contribution < 1.29 is 4.39 Å². The smallest absolute Gasteiger partial charge is 0.123 e. The minimum Gasteiger partial charge on any atom is -0.317 e. The number of nitrogens with zero attached hydrogens (tertiary/aromatic N) is 3. The van der Waals surface area contributed by atoms with Crippen molar-refractivity contribution in [3.8, 4) is 22.3 Å². The van der Waals surface area contributed by atoms with Crippen LogP contribution in [0.3, 0.4) is 0 Å². The Morgan fingerprint density at radius 1 is 0.903 bits per heavy atom. The number of rotatable bonds is 3. The molecule has 0 aliphatic carbocycles. The first-order valence-corrected chi connectivity index (χ1v) is 10.7. The summed E-state index contributed by atoms with van der Waals surface area (Å²) in [6.07, 6.45) is 5.95. The number of H-pyrrole nitrogens is 1. The molecule has 1 aliphatic heterocycles. The van der Waals surface area contributed by atoms with E-state index >= 15 is 0 Å². The Morgan fingerprint density at radius 2 is 1.71 bits per heavy atom. The number of fused-ring (bicyclic) bond motifs is 2. The van der Waals surface area contributed by atoms with Gasteiger partial charge in [0.2, 0.25) is 0 Å². The Morgan fingerprint density at radius 3 is 2.55 bits per heavy atom. The van der Waals surface area contributed by atoms with Crippen LogP contribution in [0, 0.1) is 5.82 Å². The lowest BCUT2D eigenvalue weighted by atomic mass is 9.91. The van der Waals surface area contributed by atoms with E-state index in [4.69, 9.17) is 5.10 Å². The Hall–Kier alpha value is -3.51. The summed E-state index contributed by atoms with van der Waals surface area (Å²) in [5.74, 6) is -0.234. The van der Waals surface area contributed by atoms with Crippen molar-refractivity contribution >= 4 is 21.8 Å². The van der Waals surface area contributed by atoms with E-state index in [1.807, 2.05) is 24.5 Å². The summed E-state index contributed by atoms with van der Waals surface area (Å²) in [7, 11) is 0. The lowest BCUT2D eigenvalue weighted by molar-refractivity contribution is 0.351. The lowest BCUT2D eigenvalue weighted by Gasteiger charge is -2.24. The molecule has 2 N–H and O–H groups in total. The number of aromatic nitrogens is 4. The number of halogens is 1. The predicted molar refractivity (Wildman–Crippen MR) is 121 cm³/mol. The summed E-state index contributed by atoms with van der Waals surface area (Å²) in [5, 5.41) is 17.5. The maximum Gasteiger partial charge on any atom is 0.123 e. The molecule has 0 amide bonds. The van der Waals surface area contributed by atoms with E-state index in [-0.39, 0.29) is 5.82 Å². The molecule has 2 aromatic heterocycles. The summed E-state index contributed by atoms with van der Waals surface area (Å²) < 4.78 is 15.9. The molecule has 5 aromatic rings. The summed E-state index contributed by atoms with van der Waals surface area (Å²) >= 11 is 0. The highest BCUT2D eigenvalue weighted by molar-refractivity contribution is 6.03. The normalized spacial score (nSPS) is 15.1. The number of aromatic amines is 1. The average Bonchev–Trinajstić information content (AvgIpc) is 3.46. The van der Waals surface area contributed by atoms with Crippen LogP contribution in [0.25, 0.3) is 44.1 Å². The van der Waals surface area contributed by atoms with Gasteiger partial charge in [-0.05, 0) is 73.0 Å². The molecule has 1 aliphatic rings. The van der Waals surface area contributed by atoms with Gasteiger partial charge in [0.05, 0.1) is 29.5 Å². The van der Waals surface area contributed by atoms with Gasteiger partial charge in [-0.2, -0.15) is 10.2 Å². The van der Waals surface area contributed by atoms with Gasteiger partial charge in [-0.3, -0.25) is 9.78 Å². The van der Waals surface area contributed by atoms with Crippen LogP contribution in [-0.2, 0) is 0 Å². The number of hydrogen-bond donors (Lipinski definition) is 2. The fourth-order valence-corrected chi connectivity index (χ4v) is 4.74. The average molecular weight is 411 g/mol. The van der Waals surface area contributed by atoms with Crippen LogP contribution in [0.5, 0.6) is 0 Å². The first-order chi connectivity index (χ1) is 15.3. The molecule has 6 rings (SSSR count). The summed E-state index contributed by atoms with van der Waals surface area (Å²) in [6.45, 7) is 2.03. The van der Waals surface area contributed by atoms with Gasteiger partial charge in [0, 0.05) is 16.3 Å². The van der Waals surface area contributed by atoms with Gasteiger partial charge in [0.15, 0.2) is 0 Å². The van der Waals surface area contributed by atoms with E-state index in [0.717, 1.165) is 70.0 Å². The SMILES string of the molecule is Fc1ccc(-c2c(-c3ccc4[nH]ncc4c3)ccc3c2cnn3C2CCNCC2)cc1. The number of hydrogen-bond acceptors (Lipinski definition) is 3. The number of piperidine rings is 1. The van der Waals surface area contributed by atoms with E-state index < -0.39 is 0 Å². The molecule has 3 heterocycles. The molecule has 3 aromatic carbocycles. The van der Waals surface area contributed by atoms with Gasteiger partial charge in [0.25, 0.3) is 0 Å². The van der Waals surface area contributed by atoms with Gasteiger partial charge >= 0.3 is 0 Å². The van der Waals surface area contributed by atoms with Crippen molar-refractivity contribution in [3.63, 3.8) is 0 Å². The van der Waals surface area contributed by atoms with E-state index in [1.165, 1.54) is 12.1 Å². The fraction of sp³-hybridized carbons (Fsp3) is 0.200. The summed E-state index contributed by atoms with van der Waals surface area (Å²) in [5.41, 5.74) is 6.41. The molecular formula is C25H22FN5. The van der Waals surface area contributed by atoms with Crippen LogP contribution in [0.1, 0.15) is 18.9 Å². The van der Waals surface area contributed by atoms with Crippen molar-refractivity contribution in [2.24, 2.45) is 0 Å². The maximum atomic E-state index is 13.7. The molecule has 5 nitrogen and oxygen atoms in total. The molecule has 6 heteroatoms. The number of nitrogens with one attached hydrogen (secondary N) is 2. The van der Waals surface area contributed by atoms with Gasteiger partial charge in [-0.1, -0.05) is 24.3 Å². The highest BCUT2D eigenvalue weighted by Gasteiger charge is 2.21. The van der Waals surface area contributed by atoms with Crippen LogP contribution in [0.4, 0.5) is 4.39 Å². The third-order valence-electron chi connectivity index (χ3n) is 6.32. The lowest BCUT2D eigenvalue weighted by Crippen LogP contribution is -2.29. The second kappa shape index (κ2) is 7.32. The van der Waals surface area contributed by atoms with Gasteiger partial charge in [-0.15, -0.1) is 0 Å². The Labute approximate surface area is 178 Å². The zero-order valence-electron chi connectivity index (χ0n) is 17.0. The Kier molecular flexibility index (Phi) is 4.32. The molecule has 0 saturated carbocycles. The molecular weight excluding hydrogens is 389 g/mol. The highest BCUT2D eigenvalue weighted by Crippen LogP contribution is 2.40. The maximum absolute atomic E-state index is 13.7. The van der Waals surface area contributed by atoms with Crippen LogP contribution in [0.15, 0.2) is 67.0 Å². The second-order valence-electron chi connectivity index (χ2n) is 8.17. The molecule has 0 radical (unpaired) electrons. The minimum absolute atomic E-state index is 0.234. The van der Waals surface area contributed by atoms with Crippen LogP contribution < -0.4 is 5.32 Å². The number of benzene rings is 3. The van der Waals surface area contributed by atoms with E-state index in [1.54, 1.807) is 0 Å². The third-order valence-corrected chi connectivity index (χ3v) is 6.32. The monoisotopic (exact) mass is 411 g/mol. The van der Waals surface area contributed by atoms with Gasteiger partial charge < -0.3 is 5.32 Å². The molecule has 1 fully saturated rings. The molecule has 0 atom stereocenters. The van der Waals surface area contributed by atoms with Crippen molar-refractivity contribution in [3.05, 3.63) is 72.8 Å². The summed E-state index contributed by atoms with van der Waals surface area (Å²) in [4.78, 5) is 0. The predicted octanol–water partition coefficient (Wildman–Crippen LogP) is 5.31. The highest BCUT2D eigenvalue weighted by atomic mass is 19.1. The summed E-state index contributed by atoms with van der Waals surface area (Å²) in [6, 6.07) is 17.8. The zero-order valence-corrected chi connectivity index (χ0v) is 17.0. The van der Waals surface area contributed by atoms with Crippen LogP contribution in [-0.4, -0.2) is 33.1 Å². The minimum atomic E-state index is -0.234. The van der Waals surface area contributed by atoms with Gasteiger partial charge in [0.1, 0.15) is 5.82 Å². The topological polar surface area (TPSA) is 58.5 Å². The van der Waals surface area contributed by atoms with E-state index in [2.05, 4.69) is 50.5 Å². The van der Waals surface area contributed by atoms with Gasteiger partial charge in [-0.25, -0.2) is 4.39 Å². The Balaban J connectivity index is 1.59. The van der Waals surface area contributed by atoms with E-state index in [0.29, 0.717) is 6.04 Å². The fourth-order valence-electron chi connectivity index (χ4n) is 4.74. The molecule has 1 saturated heterocycles. The first kappa shape index (κ1) is 18.3. The van der Waals surface area contributed by atoms with Crippen molar-refractivity contribution in [2.75, 3.05) is 13.1 Å². The van der Waals surface area contributed by atoms with Crippen molar-refractivity contribution in [2.45, 2.75) is 18.9 Å². The largest absolute Gasteiger partial charge is 0.317 e.